The van der Waals surface area contributed by atoms with Crippen molar-refractivity contribution in [2.24, 2.45) is 17.8 Å². The van der Waals surface area contributed by atoms with Gasteiger partial charge in [0, 0.05) is 24.1 Å². The molecule has 8 heteroatoms. The molecule has 1 heterocycles. The van der Waals surface area contributed by atoms with Gasteiger partial charge in [-0.1, -0.05) is 12.1 Å². The number of amides is 2. The van der Waals surface area contributed by atoms with Gasteiger partial charge < -0.3 is 15.4 Å². The average molecular weight is 396 g/mol. The number of hydrogen-bond donors (Lipinski definition) is 2. The second-order valence-corrected chi connectivity index (χ2v) is 7.74. The molecule has 2 amide bonds. The number of aromatic nitrogens is 2. The molecule has 4 rings (SSSR count). The van der Waals surface area contributed by atoms with E-state index in [2.05, 4.69) is 15.6 Å². The number of fused-ring (bicyclic) bond motifs is 2. The van der Waals surface area contributed by atoms with Crippen molar-refractivity contribution in [3.05, 3.63) is 58.8 Å². The van der Waals surface area contributed by atoms with Gasteiger partial charge in [0.05, 0.1) is 19.6 Å². The molecule has 0 spiro atoms. The lowest BCUT2D eigenvalue weighted by atomic mass is 9.84. The summed E-state index contributed by atoms with van der Waals surface area (Å²) in [6, 6.07) is 8.47. The van der Waals surface area contributed by atoms with E-state index in [0.717, 1.165) is 24.8 Å². The molecule has 4 atom stereocenters. The van der Waals surface area contributed by atoms with Gasteiger partial charge in [0.2, 0.25) is 0 Å². The van der Waals surface area contributed by atoms with Crippen LogP contribution in [0.3, 0.4) is 0 Å². The lowest BCUT2D eigenvalue weighted by Gasteiger charge is -2.29. The number of esters is 1. The van der Waals surface area contributed by atoms with E-state index in [1.165, 1.54) is 17.9 Å². The van der Waals surface area contributed by atoms with Crippen LogP contribution >= 0.6 is 0 Å². The summed E-state index contributed by atoms with van der Waals surface area (Å²) in [6.45, 7) is 0.362. The number of carbonyl (C=O) groups is 2. The van der Waals surface area contributed by atoms with E-state index in [4.69, 9.17) is 4.74 Å². The normalized spacial score (nSPS) is 24.9. The van der Waals surface area contributed by atoms with E-state index in [0.29, 0.717) is 24.1 Å². The summed E-state index contributed by atoms with van der Waals surface area (Å²) in [5.41, 5.74) is 1.16. The van der Waals surface area contributed by atoms with Gasteiger partial charge in [0.1, 0.15) is 0 Å². The maximum absolute atomic E-state index is 12.6. The smallest absolute Gasteiger partial charge is 0.347 e. The van der Waals surface area contributed by atoms with Gasteiger partial charge in [-0.25, -0.2) is 14.6 Å². The van der Waals surface area contributed by atoms with Gasteiger partial charge >= 0.3 is 17.7 Å². The quantitative estimate of drug-likeness (QED) is 0.753. The van der Waals surface area contributed by atoms with Crippen LogP contribution in [-0.4, -0.2) is 34.7 Å². The second-order valence-electron chi connectivity index (χ2n) is 7.74. The summed E-state index contributed by atoms with van der Waals surface area (Å²) in [4.78, 5) is 40.3. The lowest BCUT2D eigenvalue weighted by Crippen LogP contribution is -2.48. The van der Waals surface area contributed by atoms with Gasteiger partial charge in [0.15, 0.2) is 0 Å². The van der Waals surface area contributed by atoms with Crippen LogP contribution in [0.25, 0.3) is 0 Å². The SMILES string of the molecule is COC(=O)[C@H]1[C@H]2CC[C@@H](C2)[C@@H]1NC(=O)Nc1cccc(Cn2cccnc2=O)c1. The maximum Gasteiger partial charge on any atom is 0.347 e. The number of nitrogens with zero attached hydrogens (tertiary/aromatic N) is 2. The van der Waals surface area contributed by atoms with Crippen molar-refractivity contribution in [3.63, 3.8) is 0 Å². The van der Waals surface area contributed by atoms with E-state index in [1.807, 2.05) is 18.2 Å². The Kier molecular flexibility index (Phi) is 5.33. The van der Waals surface area contributed by atoms with Crippen LogP contribution in [0.1, 0.15) is 24.8 Å². The van der Waals surface area contributed by atoms with E-state index < -0.39 is 0 Å². The molecule has 1 aromatic carbocycles. The number of urea groups is 1. The minimum absolute atomic E-state index is 0.196. The lowest BCUT2D eigenvalue weighted by molar-refractivity contribution is -0.148. The zero-order chi connectivity index (χ0) is 20.4. The van der Waals surface area contributed by atoms with Crippen molar-refractivity contribution in [1.29, 1.82) is 0 Å². The van der Waals surface area contributed by atoms with E-state index in [9.17, 15) is 14.4 Å². The summed E-state index contributed by atoms with van der Waals surface area (Å²) in [7, 11) is 1.39. The van der Waals surface area contributed by atoms with Gasteiger partial charge in [-0.15, -0.1) is 0 Å². The summed E-state index contributed by atoms with van der Waals surface area (Å²) in [6.07, 6.45) is 6.13. The van der Waals surface area contributed by atoms with Crippen LogP contribution in [0.15, 0.2) is 47.5 Å². The Balaban J connectivity index is 1.42. The number of ether oxygens (including phenoxy) is 1. The molecule has 2 bridgehead atoms. The van der Waals surface area contributed by atoms with Gasteiger partial charge in [-0.05, 0) is 54.9 Å². The standard InChI is InChI=1S/C21H24N4O4/c1-29-19(26)17-14-6-7-15(11-14)18(17)24-20(27)23-16-5-2-4-13(10-16)12-25-9-3-8-22-21(25)28/h2-5,8-10,14-15,17-18H,6-7,11-12H2,1H3,(H2,23,24,27)/t14-,15-,17-,18-/m0/s1. The van der Waals surface area contributed by atoms with Crippen LogP contribution in [0.4, 0.5) is 10.5 Å². The number of benzene rings is 1. The molecule has 8 nitrogen and oxygen atoms in total. The molecule has 2 fully saturated rings. The first-order chi connectivity index (χ1) is 14.0. The van der Waals surface area contributed by atoms with Gasteiger partial charge in [-0.3, -0.25) is 9.36 Å². The first-order valence-corrected chi connectivity index (χ1v) is 9.81. The van der Waals surface area contributed by atoms with Crippen LogP contribution in [0, 0.1) is 17.8 Å². The van der Waals surface area contributed by atoms with Crippen molar-refractivity contribution in [1.82, 2.24) is 14.9 Å². The van der Waals surface area contributed by atoms with Crippen LogP contribution in [0.2, 0.25) is 0 Å². The fourth-order valence-electron chi connectivity index (χ4n) is 4.74. The third-order valence-electron chi connectivity index (χ3n) is 6.01. The summed E-state index contributed by atoms with van der Waals surface area (Å²) in [5.74, 6) is 0.0946. The molecule has 0 saturated heterocycles. The molecular weight excluding hydrogens is 372 g/mol. The van der Waals surface area contributed by atoms with E-state index in [1.54, 1.807) is 18.3 Å². The zero-order valence-electron chi connectivity index (χ0n) is 16.2. The van der Waals surface area contributed by atoms with Crippen molar-refractivity contribution in [3.8, 4) is 0 Å². The number of nitrogens with one attached hydrogen (secondary N) is 2. The van der Waals surface area contributed by atoms with E-state index >= 15 is 0 Å². The molecule has 2 aliphatic rings. The third kappa shape index (κ3) is 4.01. The number of rotatable bonds is 5. The first kappa shape index (κ1) is 19.2. The Bertz CT molecular complexity index is 973. The van der Waals surface area contributed by atoms with Crippen molar-refractivity contribution >= 4 is 17.7 Å². The van der Waals surface area contributed by atoms with Crippen molar-refractivity contribution in [2.45, 2.75) is 31.8 Å². The van der Waals surface area contributed by atoms with Crippen molar-refractivity contribution < 1.29 is 14.3 Å². The molecule has 0 radical (unpaired) electrons. The number of hydrogen-bond acceptors (Lipinski definition) is 5. The summed E-state index contributed by atoms with van der Waals surface area (Å²) >= 11 is 0. The van der Waals surface area contributed by atoms with Crippen LogP contribution in [-0.2, 0) is 16.1 Å². The number of anilines is 1. The Morgan fingerprint density at radius 3 is 2.86 bits per heavy atom. The van der Waals surface area contributed by atoms with Crippen molar-refractivity contribution in [2.75, 3.05) is 12.4 Å². The Labute approximate surface area is 168 Å². The van der Waals surface area contributed by atoms with Gasteiger partial charge in [-0.2, -0.15) is 0 Å². The molecular formula is C21H24N4O4. The zero-order valence-corrected chi connectivity index (χ0v) is 16.2. The Morgan fingerprint density at radius 2 is 2.07 bits per heavy atom. The minimum Gasteiger partial charge on any atom is -0.469 e. The molecule has 0 unspecified atom stereocenters. The average Bonchev–Trinajstić information content (AvgIpc) is 3.31. The predicted molar refractivity (Wildman–Crippen MR) is 106 cm³/mol. The maximum atomic E-state index is 12.6. The number of carbonyl (C=O) groups excluding carboxylic acids is 2. The molecule has 152 valence electrons. The topological polar surface area (TPSA) is 102 Å². The summed E-state index contributed by atoms with van der Waals surface area (Å²) < 4.78 is 6.45. The molecule has 2 aromatic rings. The predicted octanol–water partition coefficient (Wildman–Crippen LogP) is 2.00. The third-order valence-corrected chi connectivity index (χ3v) is 6.01. The molecule has 29 heavy (non-hydrogen) atoms. The highest BCUT2D eigenvalue weighted by Crippen LogP contribution is 2.48. The Morgan fingerprint density at radius 1 is 1.24 bits per heavy atom. The molecule has 2 saturated carbocycles. The van der Waals surface area contributed by atoms with Gasteiger partial charge in [0.25, 0.3) is 0 Å². The molecule has 2 aliphatic carbocycles. The molecule has 2 N–H and O–H groups in total. The highest BCUT2D eigenvalue weighted by atomic mass is 16.5. The second kappa shape index (κ2) is 8.06. The fraction of sp³-hybridized carbons (Fsp3) is 0.429. The highest BCUT2D eigenvalue weighted by molar-refractivity contribution is 5.90. The number of methoxy groups -OCH3 is 1. The molecule has 1 aromatic heterocycles. The van der Waals surface area contributed by atoms with Crippen LogP contribution in [0.5, 0.6) is 0 Å². The molecule has 0 aliphatic heterocycles. The first-order valence-electron chi connectivity index (χ1n) is 9.81. The minimum atomic E-state index is -0.341. The van der Waals surface area contributed by atoms with Crippen LogP contribution < -0.4 is 16.3 Å². The van der Waals surface area contributed by atoms with E-state index in [-0.39, 0.29) is 29.6 Å². The summed E-state index contributed by atoms with van der Waals surface area (Å²) in [5, 5.41) is 5.83. The monoisotopic (exact) mass is 396 g/mol. The largest absolute Gasteiger partial charge is 0.469 e. The fourth-order valence-corrected chi connectivity index (χ4v) is 4.74. The Hall–Kier alpha value is -3.16. The highest BCUT2D eigenvalue weighted by Gasteiger charge is 2.52.